The van der Waals surface area contributed by atoms with Crippen LogP contribution in [-0.2, 0) is 14.3 Å². The zero-order chi connectivity index (χ0) is 12.0. The Morgan fingerprint density at radius 3 is 2.75 bits per heavy atom. The van der Waals surface area contributed by atoms with Crippen molar-refractivity contribution in [3.8, 4) is 0 Å². The van der Waals surface area contributed by atoms with Crippen molar-refractivity contribution in [2.24, 2.45) is 0 Å². The van der Waals surface area contributed by atoms with E-state index in [-0.39, 0.29) is 0 Å². The lowest BCUT2D eigenvalue weighted by atomic mass is 10.3. The fourth-order valence-corrected chi connectivity index (χ4v) is 0.912. The molecule has 1 heterocycles. The minimum atomic E-state index is -1.37. The van der Waals surface area contributed by atoms with Gasteiger partial charge in [-0.1, -0.05) is 6.07 Å². The fourth-order valence-electron chi connectivity index (χ4n) is 0.912. The van der Waals surface area contributed by atoms with Gasteiger partial charge in [-0.05, 0) is 12.1 Å². The van der Waals surface area contributed by atoms with Gasteiger partial charge in [-0.2, -0.15) is 0 Å². The van der Waals surface area contributed by atoms with E-state index in [9.17, 15) is 9.59 Å². The van der Waals surface area contributed by atoms with Gasteiger partial charge in [-0.25, -0.2) is 14.6 Å². The Balaban J connectivity index is 2.81. The summed E-state index contributed by atoms with van der Waals surface area (Å²) in [5.41, 5.74) is -0.492. The van der Waals surface area contributed by atoms with E-state index in [1.807, 2.05) is 0 Å². The summed E-state index contributed by atoms with van der Waals surface area (Å²) in [5, 5.41) is 11.3. The van der Waals surface area contributed by atoms with Crippen molar-refractivity contribution in [3.05, 3.63) is 36.2 Å². The predicted octanol–water partition coefficient (Wildman–Crippen LogP) is 0.635. The molecule has 6 nitrogen and oxygen atoms in total. The average Bonchev–Trinajstić information content (AvgIpc) is 2.30. The number of nitrogens with zero attached hydrogens (tertiary/aromatic N) is 1. The first-order valence-corrected chi connectivity index (χ1v) is 4.34. The van der Waals surface area contributed by atoms with E-state index >= 15 is 0 Å². The van der Waals surface area contributed by atoms with E-state index in [1.165, 1.54) is 6.20 Å². The molecular formula is C10H10N2O4. The lowest BCUT2D eigenvalue weighted by molar-refractivity contribution is -0.142. The molecule has 0 saturated heterocycles. The van der Waals surface area contributed by atoms with Crippen LogP contribution in [0.25, 0.3) is 0 Å². The first-order valence-electron chi connectivity index (χ1n) is 4.34. The summed E-state index contributed by atoms with van der Waals surface area (Å²) in [7, 11) is 1.11. The topological polar surface area (TPSA) is 88.5 Å². The van der Waals surface area contributed by atoms with Gasteiger partial charge in [0.15, 0.2) is 5.57 Å². The Morgan fingerprint density at radius 1 is 1.50 bits per heavy atom. The molecule has 1 aromatic rings. The molecule has 0 unspecified atom stereocenters. The molecule has 0 aromatic carbocycles. The van der Waals surface area contributed by atoms with Gasteiger partial charge in [0.2, 0.25) is 0 Å². The first kappa shape index (κ1) is 11.7. The number of hydrogen-bond acceptors (Lipinski definition) is 5. The molecule has 2 N–H and O–H groups in total. The molecule has 0 saturated carbocycles. The van der Waals surface area contributed by atoms with E-state index in [0.717, 1.165) is 13.3 Å². The zero-order valence-corrected chi connectivity index (χ0v) is 8.51. The Labute approximate surface area is 91.6 Å². The van der Waals surface area contributed by atoms with Crippen LogP contribution >= 0.6 is 0 Å². The van der Waals surface area contributed by atoms with E-state index in [4.69, 9.17) is 5.11 Å². The number of pyridine rings is 1. The summed E-state index contributed by atoms with van der Waals surface area (Å²) in [6, 6.07) is 5.07. The maximum Gasteiger partial charge on any atom is 0.346 e. The van der Waals surface area contributed by atoms with Crippen molar-refractivity contribution in [2.45, 2.75) is 0 Å². The fraction of sp³-hybridized carbons (Fsp3) is 0.100. The number of esters is 1. The summed E-state index contributed by atoms with van der Waals surface area (Å²) >= 11 is 0. The number of anilines is 1. The number of methoxy groups -OCH3 is 1. The van der Waals surface area contributed by atoms with E-state index in [2.05, 4.69) is 15.0 Å². The van der Waals surface area contributed by atoms with Gasteiger partial charge in [0, 0.05) is 12.4 Å². The van der Waals surface area contributed by atoms with Crippen molar-refractivity contribution in [1.29, 1.82) is 0 Å². The highest BCUT2D eigenvalue weighted by Gasteiger charge is 2.17. The Bertz CT molecular complexity index is 414. The molecule has 0 aliphatic heterocycles. The number of carbonyl (C=O) groups excluding carboxylic acids is 1. The third-order valence-electron chi connectivity index (χ3n) is 1.66. The van der Waals surface area contributed by atoms with Crippen molar-refractivity contribution < 1.29 is 19.4 Å². The SMILES string of the molecule is COC(=O)C(=CNc1ccccn1)C(=O)O. The Hall–Kier alpha value is -2.37. The van der Waals surface area contributed by atoms with Gasteiger partial charge in [0.1, 0.15) is 5.82 Å². The van der Waals surface area contributed by atoms with Crippen molar-refractivity contribution in [1.82, 2.24) is 4.98 Å². The number of nitrogens with one attached hydrogen (secondary N) is 1. The number of carbonyl (C=O) groups is 2. The molecule has 0 fully saturated rings. The van der Waals surface area contributed by atoms with Crippen LogP contribution in [0, 0.1) is 0 Å². The van der Waals surface area contributed by atoms with Gasteiger partial charge in [0.25, 0.3) is 0 Å². The number of ether oxygens (including phenoxy) is 1. The number of carboxylic acids is 1. The van der Waals surface area contributed by atoms with Gasteiger partial charge in [-0.15, -0.1) is 0 Å². The normalized spacial score (nSPS) is 10.7. The summed E-state index contributed by atoms with van der Waals surface area (Å²) in [4.78, 5) is 25.6. The molecule has 84 valence electrons. The number of aromatic nitrogens is 1. The van der Waals surface area contributed by atoms with Crippen molar-refractivity contribution >= 4 is 17.8 Å². The van der Waals surface area contributed by atoms with E-state index in [1.54, 1.807) is 18.2 Å². The molecule has 0 amide bonds. The van der Waals surface area contributed by atoms with Crippen LogP contribution in [0.5, 0.6) is 0 Å². The third-order valence-corrected chi connectivity index (χ3v) is 1.66. The minimum absolute atomic E-state index is 0.435. The first-order chi connectivity index (χ1) is 7.65. The van der Waals surface area contributed by atoms with Crippen LogP contribution in [0.3, 0.4) is 0 Å². The average molecular weight is 222 g/mol. The van der Waals surface area contributed by atoms with Crippen LogP contribution in [0.15, 0.2) is 36.2 Å². The second-order valence-corrected chi connectivity index (χ2v) is 2.71. The van der Waals surface area contributed by atoms with E-state index < -0.39 is 17.5 Å². The van der Waals surface area contributed by atoms with Crippen LogP contribution in [-0.4, -0.2) is 29.1 Å². The molecule has 0 atom stereocenters. The quantitative estimate of drug-likeness (QED) is 0.336. The van der Waals surface area contributed by atoms with Gasteiger partial charge in [-0.3, -0.25) is 0 Å². The van der Waals surface area contributed by atoms with Crippen molar-refractivity contribution in [2.75, 3.05) is 12.4 Å². The van der Waals surface area contributed by atoms with Crippen LogP contribution in [0.1, 0.15) is 0 Å². The number of aliphatic carboxylic acids is 1. The molecule has 1 aromatic heterocycles. The molecule has 6 heteroatoms. The standard InChI is InChI=1S/C10H10N2O4/c1-16-10(15)7(9(13)14)6-12-8-4-2-3-5-11-8/h2-6H,1H3,(H,11,12)(H,13,14). The number of hydrogen-bond donors (Lipinski definition) is 2. The Morgan fingerprint density at radius 2 is 2.25 bits per heavy atom. The zero-order valence-electron chi connectivity index (χ0n) is 8.51. The summed E-state index contributed by atoms with van der Waals surface area (Å²) in [6.45, 7) is 0. The Kier molecular flexibility index (Phi) is 4.02. The van der Waals surface area contributed by atoms with Crippen LogP contribution in [0.2, 0.25) is 0 Å². The summed E-state index contributed by atoms with van der Waals surface area (Å²) in [5.74, 6) is -1.85. The number of rotatable bonds is 4. The second kappa shape index (κ2) is 5.50. The monoisotopic (exact) mass is 222 g/mol. The molecule has 16 heavy (non-hydrogen) atoms. The highest BCUT2D eigenvalue weighted by atomic mass is 16.5. The third kappa shape index (κ3) is 3.09. The van der Waals surface area contributed by atoms with Gasteiger partial charge in [0.05, 0.1) is 7.11 Å². The van der Waals surface area contributed by atoms with Gasteiger partial charge >= 0.3 is 11.9 Å². The lowest BCUT2D eigenvalue weighted by Crippen LogP contribution is -2.15. The molecule has 0 radical (unpaired) electrons. The predicted molar refractivity (Wildman–Crippen MR) is 55.6 cm³/mol. The highest BCUT2D eigenvalue weighted by Crippen LogP contribution is 2.03. The highest BCUT2D eigenvalue weighted by molar-refractivity contribution is 6.13. The summed E-state index contributed by atoms with van der Waals surface area (Å²) in [6.07, 6.45) is 2.57. The van der Waals surface area contributed by atoms with Crippen LogP contribution in [0.4, 0.5) is 5.82 Å². The largest absolute Gasteiger partial charge is 0.477 e. The molecule has 0 aliphatic rings. The van der Waals surface area contributed by atoms with E-state index in [0.29, 0.717) is 5.82 Å². The molecule has 0 aliphatic carbocycles. The van der Waals surface area contributed by atoms with Gasteiger partial charge < -0.3 is 15.2 Å². The number of carboxylic acid groups (broad SMARTS) is 1. The lowest BCUT2D eigenvalue weighted by Gasteiger charge is -2.02. The molecular weight excluding hydrogens is 212 g/mol. The van der Waals surface area contributed by atoms with Crippen LogP contribution < -0.4 is 5.32 Å². The molecule has 0 bridgehead atoms. The van der Waals surface area contributed by atoms with Crippen molar-refractivity contribution in [3.63, 3.8) is 0 Å². The minimum Gasteiger partial charge on any atom is -0.477 e. The molecule has 1 rings (SSSR count). The maximum atomic E-state index is 11.0. The second-order valence-electron chi connectivity index (χ2n) is 2.71. The maximum absolute atomic E-state index is 11.0. The molecule has 0 spiro atoms. The smallest absolute Gasteiger partial charge is 0.346 e. The summed E-state index contributed by atoms with van der Waals surface area (Å²) < 4.78 is 4.31.